The van der Waals surface area contributed by atoms with Crippen LogP contribution in [-0.4, -0.2) is 20.3 Å². The molecule has 1 aromatic carbocycles. The van der Waals surface area contributed by atoms with Gasteiger partial charge in [-0.3, -0.25) is 0 Å². The Labute approximate surface area is 78.8 Å². The molecule has 0 saturated carbocycles. The highest BCUT2D eigenvalue weighted by atomic mass is 16.5. The molecule has 14 heavy (non-hydrogen) atoms. The average molecular weight is 186 g/mol. The minimum absolute atomic E-state index is 0.612. The van der Waals surface area contributed by atoms with Crippen LogP contribution in [0.2, 0.25) is 0 Å². The van der Waals surface area contributed by atoms with Crippen molar-refractivity contribution >= 4 is 11.0 Å². The van der Waals surface area contributed by atoms with Crippen molar-refractivity contribution in [3.05, 3.63) is 30.5 Å². The van der Waals surface area contributed by atoms with Gasteiger partial charge in [-0.05, 0) is 12.1 Å². The van der Waals surface area contributed by atoms with Crippen molar-refractivity contribution in [2.45, 2.75) is 0 Å². The Morgan fingerprint density at radius 2 is 2.14 bits per heavy atom. The monoisotopic (exact) mass is 186 g/mol. The maximum absolute atomic E-state index is 4.64. The number of imidazole rings is 1. The van der Waals surface area contributed by atoms with Crippen LogP contribution in [0, 0.1) is 0 Å². The fourth-order valence-corrected chi connectivity index (χ4v) is 1.34. The highest BCUT2D eigenvalue weighted by molar-refractivity contribution is 5.78. The third kappa shape index (κ3) is 0.990. The summed E-state index contributed by atoms with van der Waals surface area (Å²) in [6, 6.07) is 7.78. The van der Waals surface area contributed by atoms with E-state index in [0.29, 0.717) is 11.5 Å². The molecule has 0 spiro atoms. The highest BCUT2D eigenvalue weighted by Gasteiger charge is 2.07. The van der Waals surface area contributed by atoms with Crippen LogP contribution in [0.25, 0.3) is 22.6 Å². The molecule has 0 radical (unpaired) electrons. The van der Waals surface area contributed by atoms with E-state index in [1.807, 2.05) is 24.3 Å². The zero-order chi connectivity index (χ0) is 9.38. The lowest BCUT2D eigenvalue weighted by atomic mass is 10.3. The normalized spacial score (nSPS) is 10.9. The SMILES string of the molecule is c1ccc2[nH]c(-c3conn3)nc2c1. The Bertz CT molecular complexity index is 522. The van der Waals surface area contributed by atoms with Crippen LogP contribution in [0.3, 0.4) is 0 Å². The number of rotatable bonds is 1. The molecule has 0 aliphatic heterocycles. The molecular formula is C9H6N4O. The van der Waals surface area contributed by atoms with E-state index in [0.717, 1.165) is 11.0 Å². The number of hydrogen-bond acceptors (Lipinski definition) is 4. The summed E-state index contributed by atoms with van der Waals surface area (Å²) in [5.74, 6) is 0.674. The van der Waals surface area contributed by atoms with Crippen LogP contribution < -0.4 is 0 Å². The number of aromatic amines is 1. The van der Waals surface area contributed by atoms with E-state index in [4.69, 9.17) is 0 Å². The van der Waals surface area contributed by atoms with Gasteiger partial charge in [0.05, 0.1) is 11.0 Å². The van der Waals surface area contributed by atoms with Gasteiger partial charge in [0.2, 0.25) is 0 Å². The molecule has 0 atom stereocenters. The molecular weight excluding hydrogens is 180 g/mol. The minimum atomic E-state index is 0.612. The van der Waals surface area contributed by atoms with Crippen LogP contribution >= 0.6 is 0 Å². The third-order valence-corrected chi connectivity index (χ3v) is 1.99. The molecule has 0 bridgehead atoms. The summed E-state index contributed by atoms with van der Waals surface area (Å²) in [4.78, 5) is 7.46. The van der Waals surface area contributed by atoms with Crippen molar-refractivity contribution < 1.29 is 4.52 Å². The third-order valence-electron chi connectivity index (χ3n) is 1.99. The largest absolute Gasteiger partial charge is 0.345 e. The first-order chi connectivity index (χ1) is 6.93. The number of para-hydroxylation sites is 2. The predicted molar refractivity (Wildman–Crippen MR) is 49.4 cm³/mol. The Hall–Kier alpha value is -2.17. The quantitative estimate of drug-likeness (QED) is 0.626. The average Bonchev–Trinajstić information content (AvgIpc) is 2.86. The fourth-order valence-electron chi connectivity index (χ4n) is 1.34. The van der Waals surface area contributed by atoms with Gasteiger partial charge in [-0.25, -0.2) is 4.98 Å². The van der Waals surface area contributed by atoms with Gasteiger partial charge in [0, 0.05) is 5.27 Å². The van der Waals surface area contributed by atoms with Crippen molar-refractivity contribution in [1.29, 1.82) is 0 Å². The van der Waals surface area contributed by atoms with Gasteiger partial charge in [-0.15, -0.1) is 5.10 Å². The first-order valence-corrected chi connectivity index (χ1v) is 4.16. The van der Waals surface area contributed by atoms with Gasteiger partial charge >= 0.3 is 0 Å². The summed E-state index contributed by atoms with van der Waals surface area (Å²) in [7, 11) is 0. The molecule has 0 aliphatic rings. The molecule has 2 heterocycles. The molecule has 0 unspecified atom stereocenters. The molecule has 0 saturated heterocycles. The standard InChI is InChI=1S/C9H6N4O/c1-2-4-7-6(3-1)10-9(11-7)8-5-14-13-12-8/h1-5H,(H,10,11). The number of fused-ring (bicyclic) bond motifs is 1. The number of aromatic nitrogens is 4. The van der Waals surface area contributed by atoms with E-state index < -0.39 is 0 Å². The molecule has 5 heteroatoms. The number of hydrogen-bond donors (Lipinski definition) is 1. The zero-order valence-electron chi connectivity index (χ0n) is 7.14. The van der Waals surface area contributed by atoms with Gasteiger partial charge in [0.15, 0.2) is 17.8 Å². The number of nitrogens with zero attached hydrogens (tertiary/aromatic N) is 3. The van der Waals surface area contributed by atoms with E-state index in [-0.39, 0.29) is 0 Å². The fraction of sp³-hybridized carbons (Fsp3) is 0. The van der Waals surface area contributed by atoms with Crippen LogP contribution in [-0.2, 0) is 0 Å². The molecule has 68 valence electrons. The molecule has 3 rings (SSSR count). The minimum Gasteiger partial charge on any atom is -0.345 e. The summed E-state index contributed by atoms with van der Waals surface area (Å²) < 4.78 is 4.64. The van der Waals surface area contributed by atoms with Crippen LogP contribution in [0.1, 0.15) is 0 Å². The molecule has 2 aromatic heterocycles. The molecule has 0 fully saturated rings. The van der Waals surface area contributed by atoms with Gasteiger partial charge in [0.25, 0.3) is 0 Å². The van der Waals surface area contributed by atoms with Crippen molar-refractivity contribution in [2.24, 2.45) is 0 Å². The molecule has 3 aromatic rings. The van der Waals surface area contributed by atoms with E-state index in [9.17, 15) is 0 Å². The van der Waals surface area contributed by atoms with Crippen molar-refractivity contribution in [3.8, 4) is 11.5 Å². The summed E-state index contributed by atoms with van der Waals surface area (Å²) in [6.07, 6.45) is 1.46. The van der Waals surface area contributed by atoms with Crippen molar-refractivity contribution in [1.82, 2.24) is 20.3 Å². The summed E-state index contributed by atoms with van der Waals surface area (Å²) >= 11 is 0. The second kappa shape index (κ2) is 2.66. The van der Waals surface area contributed by atoms with E-state index in [1.165, 1.54) is 6.26 Å². The van der Waals surface area contributed by atoms with Crippen LogP contribution in [0.15, 0.2) is 35.1 Å². The Morgan fingerprint density at radius 3 is 2.93 bits per heavy atom. The molecule has 0 amide bonds. The van der Waals surface area contributed by atoms with Crippen LogP contribution in [0.5, 0.6) is 0 Å². The van der Waals surface area contributed by atoms with E-state index >= 15 is 0 Å². The summed E-state index contributed by atoms with van der Waals surface area (Å²) in [5, 5.41) is 7.16. The number of benzene rings is 1. The summed E-state index contributed by atoms with van der Waals surface area (Å²) in [5.41, 5.74) is 2.50. The Morgan fingerprint density at radius 1 is 1.21 bits per heavy atom. The first kappa shape index (κ1) is 7.25. The summed E-state index contributed by atoms with van der Waals surface area (Å²) in [6.45, 7) is 0. The maximum Gasteiger partial charge on any atom is 0.169 e. The van der Waals surface area contributed by atoms with Crippen molar-refractivity contribution in [3.63, 3.8) is 0 Å². The lowest BCUT2D eigenvalue weighted by Gasteiger charge is -1.82. The van der Waals surface area contributed by atoms with E-state index in [1.54, 1.807) is 0 Å². The second-order valence-electron chi connectivity index (χ2n) is 2.89. The molecule has 0 aliphatic carbocycles. The van der Waals surface area contributed by atoms with Gasteiger partial charge in [-0.1, -0.05) is 12.1 Å². The highest BCUT2D eigenvalue weighted by Crippen LogP contribution is 2.17. The van der Waals surface area contributed by atoms with Gasteiger partial charge < -0.3 is 9.51 Å². The number of H-pyrrole nitrogens is 1. The first-order valence-electron chi connectivity index (χ1n) is 4.16. The number of nitrogens with one attached hydrogen (secondary N) is 1. The second-order valence-corrected chi connectivity index (χ2v) is 2.89. The van der Waals surface area contributed by atoms with Gasteiger partial charge in [-0.2, -0.15) is 0 Å². The lowest BCUT2D eigenvalue weighted by molar-refractivity contribution is 0.393. The Kier molecular flexibility index (Phi) is 1.38. The maximum atomic E-state index is 4.64. The topological polar surface area (TPSA) is 67.6 Å². The molecule has 1 N–H and O–H groups in total. The molecule has 5 nitrogen and oxygen atoms in total. The van der Waals surface area contributed by atoms with Gasteiger partial charge in [0.1, 0.15) is 0 Å². The predicted octanol–water partition coefficient (Wildman–Crippen LogP) is 1.61. The smallest absolute Gasteiger partial charge is 0.169 e. The lowest BCUT2D eigenvalue weighted by Crippen LogP contribution is -1.79. The van der Waals surface area contributed by atoms with Crippen LogP contribution in [0.4, 0.5) is 0 Å². The zero-order valence-corrected chi connectivity index (χ0v) is 7.14. The Balaban J connectivity index is 2.24. The van der Waals surface area contributed by atoms with Crippen molar-refractivity contribution in [2.75, 3.05) is 0 Å². The van der Waals surface area contributed by atoms with E-state index in [2.05, 4.69) is 24.9 Å².